The van der Waals surface area contributed by atoms with E-state index in [1.807, 2.05) is 52.0 Å². The molecule has 0 saturated heterocycles. The zero-order valence-corrected chi connectivity index (χ0v) is 15.4. The zero-order valence-electron chi connectivity index (χ0n) is 14.5. The summed E-state index contributed by atoms with van der Waals surface area (Å²) in [6.45, 7) is 8.56. The first-order valence-corrected chi connectivity index (χ1v) is 9.06. The normalized spacial score (nSPS) is 11.1. The third kappa shape index (κ3) is 5.92. The second kappa shape index (κ2) is 8.78. The van der Waals surface area contributed by atoms with Gasteiger partial charge in [0.2, 0.25) is 0 Å². The second-order valence-electron chi connectivity index (χ2n) is 5.97. The van der Waals surface area contributed by atoms with Gasteiger partial charge in [-0.05, 0) is 44.0 Å². The Labute approximate surface area is 146 Å². The summed E-state index contributed by atoms with van der Waals surface area (Å²) < 4.78 is 11.3. The van der Waals surface area contributed by atoms with E-state index in [9.17, 15) is 4.79 Å². The van der Waals surface area contributed by atoms with E-state index in [0.717, 1.165) is 17.2 Å². The molecule has 1 heterocycles. The lowest BCUT2D eigenvalue weighted by Crippen LogP contribution is -2.11. The highest BCUT2D eigenvalue weighted by atomic mass is 32.2. The van der Waals surface area contributed by atoms with Crippen molar-refractivity contribution in [3.8, 4) is 11.5 Å². The highest BCUT2D eigenvalue weighted by molar-refractivity contribution is 7.99. The summed E-state index contributed by atoms with van der Waals surface area (Å²) in [6.07, 6.45) is 0.157. The van der Waals surface area contributed by atoms with E-state index in [2.05, 4.69) is 9.97 Å². The molecule has 5 nitrogen and oxygen atoms in total. The maximum absolute atomic E-state index is 11.6. The van der Waals surface area contributed by atoms with Crippen LogP contribution in [0.4, 0.5) is 0 Å². The summed E-state index contributed by atoms with van der Waals surface area (Å²) in [5.74, 6) is 2.56. The Balaban J connectivity index is 1.81. The molecule has 0 unspecified atom stereocenters. The van der Waals surface area contributed by atoms with E-state index in [0.29, 0.717) is 17.5 Å². The Bertz CT molecular complexity index is 696. The Kier molecular flexibility index (Phi) is 6.73. The molecule has 1 aromatic carbocycles. The van der Waals surface area contributed by atoms with Gasteiger partial charge < -0.3 is 14.5 Å². The smallest absolute Gasteiger partial charge is 0.251 e. The van der Waals surface area contributed by atoms with Crippen molar-refractivity contribution in [1.29, 1.82) is 0 Å². The highest BCUT2D eigenvalue weighted by Crippen LogP contribution is 2.20. The van der Waals surface area contributed by atoms with Gasteiger partial charge in [0.05, 0.1) is 18.4 Å². The molecule has 2 aromatic rings. The van der Waals surface area contributed by atoms with Crippen LogP contribution in [0.15, 0.2) is 40.3 Å². The number of nitrogens with one attached hydrogen (secondary N) is 1. The standard InChI is InChI=1S/C18H24N2O3S/c1-12(2)16-11-17(21)20-18(19-16)24-10-9-22-14-5-7-15(8-6-14)23-13(3)4/h5-8,11-13H,9-10H2,1-4H3,(H,19,20,21). The van der Waals surface area contributed by atoms with Gasteiger partial charge >= 0.3 is 0 Å². The lowest BCUT2D eigenvalue weighted by atomic mass is 10.1. The molecule has 1 aromatic heterocycles. The fourth-order valence-corrected chi connectivity index (χ4v) is 2.70. The summed E-state index contributed by atoms with van der Waals surface area (Å²) in [6, 6.07) is 9.12. The maximum atomic E-state index is 11.6. The Morgan fingerprint density at radius 1 is 1.12 bits per heavy atom. The molecule has 24 heavy (non-hydrogen) atoms. The summed E-state index contributed by atoms with van der Waals surface area (Å²) in [5.41, 5.74) is 0.695. The van der Waals surface area contributed by atoms with Gasteiger partial charge in [0.15, 0.2) is 5.16 Å². The first-order chi connectivity index (χ1) is 11.4. The third-order valence-corrected chi connectivity index (χ3v) is 3.96. The fraction of sp³-hybridized carbons (Fsp3) is 0.444. The van der Waals surface area contributed by atoms with Crippen LogP contribution in [-0.4, -0.2) is 28.4 Å². The van der Waals surface area contributed by atoms with Crippen LogP contribution in [-0.2, 0) is 0 Å². The molecule has 130 valence electrons. The first-order valence-electron chi connectivity index (χ1n) is 8.07. The van der Waals surface area contributed by atoms with E-state index in [1.165, 1.54) is 11.8 Å². The van der Waals surface area contributed by atoms with Gasteiger partial charge in [0, 0.05) is 11.8 Å². The van der Waals surface area contributed by atoms with Gasteiger partial charge in [-0.15, -0.1) is 0 Å². The number of nitrogens with zero attached hydrogens (tertiary/aromatic N) is 1. The number of aromatic amines is 1. The lowest BCUT2D eigenvalue weighted by Gasteiger charge is -2.11. The molecule has 0 aliphatic rings. The van der Waals surface area contributed by atoms with Gasteiger partial charge in [0.25, 0.3) is 5.56 Å². The maximum Gasteiger partial charge on any atom is 0.251 e. The van der Waals surface area contributed by atoms with E-state index < -0.39 is 0 Å². The number of hydrogen-bond donors (Lipinski definition) is 1. The van der Waals surface area contributed by atoms with Crippen molar-refractivity contribution < 1.29 is 9.47 Å². The molecule has 0 aliphatic carbocycles. The number of rotatable bonds is 8. The van der Waals surface area contributed by atoms with Crippen LogP contribution < -0.4 is 15.0 Å². The molecule has 0 radical (unpaired) electrons. The molecular weight excluding hydrogens is 324 g/mol. The summed E-state index contributed by atoms with van der Waals surface area (Å²) in [5, 5.41) is 0.635. The summed E-state index contributed by atoms with van der Waals surface area (Å²) in [4.78, 5) is 18.8. The summed E-state index contributed by atoms with van der Waals surface area (Å²) in [7, 11) is 0. The van der Waals surface area contributed by atoms with E-state index in [1.54, 1.807) is 6.07 Å². The molecule has 0 bridgehead atoms. The number of thioether (sulfide) groups is 1. The molecule has 0 atom stereocenters. The van der Waals surface area contributed by atoms with Crippen molar-refractivity contribution >= 4 is 11.8 Å². The minimum Gasteiger partial charge on any atom is -0.493 e. The van der Waals surface area contributed by atoms with Crippen molar-refractivity contribution in [1.82, 2.24) is 9.97 Å². The number of H-pyrrole nitrogens is 1. The van der Waals surface area contributed by atoms with Crippen molar-refractivity contribution in [3.63, 3.8) is 0 Å². The van der Waals surface area contributed by atoms with Crippen LogP contribution in [0.25, 0.3) is 0 Å². The minimum atomic E-state index is -0.113. The van der Waals surface area contributed by atoms with Crippen LogP contribution in [0.2, 0.25) is 0 Å². The number of ether oxygens (including phenoxy) is 2. The number of aromatic nitrogens is 2. The predicted molar refractivity (Wildman–Crippen MR) is 97.4 cm³/mol. The number of hydrogen-bond acceptors (Lipinski definition) is 5. The molecule has 0 aliphatic heterocycles. The average Bonchev–Trinajstić information content (AvgIpc) is 2.52. The van der Waals surface area contributed by atoms with Crippen molar-refractivity contribution in [3.05, 3.63) is 46.4 Å². The summed E-state index contributed by atoms with van der Waals surface area (Å²) >= 11 is 1.48. The van der Waals surface area contributed by atoms with Gasteiger partial charge in [0.1, 0.15) is 11.5 Å². The van der Waals surface area contributed by atoms with E-state index in [-0.39, 0.29) is 17.6 Å². The van der Waals surface area contributed by atoms with Crippen molar-refractivity contribution in [2.45, 2.75) is 44.9 Å². The molecule has 0 spiro atoms. The average molecular weight is 348 g/mol. The molecule has 0 amide bonds. The largest absolute Gasteiger partial charge is 0.493 e. The molecule has 6 heteroatoms. The topological polar surface area (TPSA) is 64.2 Å². The van der Waals surface area contributed by atoms with Gasteiger partial charge in [-0.3, -0.25) is 4.79 Å². The molecular formula is C18H24N2O3S. The van der Waals surface area contributed by atoms with Gasteiger partial charge in [-0.25, -0.2) is 4.98 Å². The fourth-order valence-electron chi connectivity index (χ4n) is 2.00. The monoisotopic (exact) mass is 348 g/mol. The van der Waals surface area contributed by atoms with Crippen LogP contribution in [0.3, 0.4) is 0 Å². The Morgan fingerprint density at radius 2 is 1.79 bits per heavy atom. The highest BCUT2D eigenvalue weighted by Gasteiger charge is 2.06. The molecule has 0 fully saturated rings. The Hall–Kier alpha value is -1.95. The second-order valence-corrected chi connectivity index (χ2v) is 7.05. The van der Waals surface area contributed by atoms with Crippen molar-refractivity contribution in [2.75, 3.05) is 12.4 Å². The van der Waals surface area contributed by atoms with E-state index in [4.69, 9.17) is 9.47 Å². The van der Waals surface area contributed by atoms with Crippen LogP contribution in [0.1, 0.15) is 39.3 Å². The van der Waals surface area contributed by atoms with Gasteiger partial charge in [-0.1, -0.05) is 25.6 Å². The van der Waals surface area contributed by atoms with Crippen LogP contribution in [0.5, 0.6) is 11.5 Å². The minimum absolute atomic E-state index is 0.113. The SMILES string of the molecule is CC(C)Oc1ccc(OCCSc2nc(C(C)C)cc(=O)[nH]2)cc1. The molecule has 1 N–H and O–H groups in total. The van der Waals surface area contributed by atoms with Crippen molar-refractivity contribution in [2.24, 2.45) is 0 Å². The van der Waals surface area contributed by atoms with Crippen LogP contribution >= 0.6 is 11.8 Å². The first kappa shape index (κ1) is 18.4. The quantitative estimate of drug-likeness (QED) is 0.446. The number of benzene rings is 1. The van der Waals surface area contributed by atoms with Crippen LogP contribution in [0, 0.1) is 0 Å². The third-order valence-electron chi connectivity index (χ3n) is 3.12. The molecule has 0 saturated carbocycles. The van der Waals surface area contributed by atoms with Gasteiger partial charge in [-0.2, -0.15) is 0 Å². The predicted octanol–water partition coefficient (Wildman–Crippen LogP) is 3.85. The lowest BCUT2D eigenvalue weighted by molar-refractivity contribution is 0.242. The van der Waals surface area contributed by atoms with E-state index >= 15 is 0 Å². The Morgan fingerprint density at radius 3 is 2.42 bits per heavy atom. The molecule has 2 rings (SSSR count). The zero-order chi connectivity index (χ0) is 17.5.